The molecule has 3 atom stereocenters. The van der Waals surface area contributed by atoms with E-state index in [0.717, 1.165) is 50.9 Å². The van der Waals surface area contributed by atoms with Crippen LogP contribution in [0.3, 0.4) is 0 Å². The Hall–Kier alpha value is -1.52. The number of likely N-dealkylation sites (tertiary alicyclic amines) is 1. The van der Waals surface area contributed by atoms with E-state index in [-0.39, 0.29) is 22.5 Å². The zero-order valence-electron chi connectivity index (χ0n) is 16.2. The standard InChI is InChI=1S/C23H29NO3/c1-3-4-12-24-13-11-23-18-15-5-6-16(25)19(18)27-20(23)22(26-2)9-7-21(23,8-10-22)17(24)14-15/h3,5-6,17,20,25H,1,4,7-14H2,2H3. The van der Waals surface area contributed by atoms with Gasteiger partial charge in [0.1, 0.15) is 11.7 Å². The van der Waals surface area contributed by atoms with E-state index in [1.807, 2.05) is 19.3 Å². The van der Waals surface area contributed by atoms with Crippen molar-refractivity contribution in [3.63, 3.8) is 0 Å². The maximum Gasteiger partial charge on any atom is 0.165 e. The van der Waals surface area contributed by atoms with Crippen molar-refractivity contribution in [3.05, 3.63) is 35.9 Å². The largest absolute Gasteiger partial charge is 0.504 e. The van der Waals surface area contributed by atoms with Crippen molar-refractivity contribution in [1.82, 2.24) is 4.90 Å². The highest BCUT2D eigenvalue weighted by molar-refractivity contribution is 5.63. The van der Waals surface area contributed by atoms with Crippen LogP contribution in [0.15, 0.2) is 24.8 Å². The van der Waals surface area contributed by atoms with Gasteiger partial charge >= 0.3 is 0 Å². The van der Waals surface area contributed by atoms with Crippen molar-refractivity contribution in [2.45, 2.75) is 68.1 Å². The molecule has 7 rings (SSSR count). The minimum absolute atomic E-state index is 0.0104. The number of hydrogen-bond donors (Lipinski definition) is 1. The van der Waals surface area contributed by atoms with E-state index in [4.69, 9.17) is 9.47 Å². The van der Waals surface area contributed by atoms with E-state index in [9.17, 15) is 5.11 Å². The second-order valence-corrected chi connectivity index (χ2v) is 9.43. The SMILES string of the molecule is C=CCCN1CCC23c4c5ccc(O)c4OC2C2(OC)CCC3(CC2)C1C5. The van der Waals surface area contributed by atoms with Crippen molar-refractivity contribution in [3.8, 4) is 11.5 Å². The van der Waals surface area contributed by atoms with Gasteiger partial charge in [-0.3, -0.25) is 4.90 Å². The maximum atomic E-state index is 10.6. The molecule has 4 fully saturated rings. The summed E-state index contributed by atoms with van der Waals surface area (Å²) >= 11 is 0. The fourth-order valence-corrected chi connectivity index (χ4v) is 7.96. The van der Waals surface area contributed by atoms with Gasteiger partial charge in [-0.25, -0.2) is 0 Å². The van der Waals surface area contributed by atoms with Crippen LogP contribution in [0.2, 0.25) is 0 Å². The van der Waals surface area contributed by atoms with Crippen molar-refractivity contribution in [2.75, 3.05) is 20.2 Å². The summed E-state index contributed by atoms with van der Waals surface area (Å²) in [5, 5.41) is 10.6. The maximum absolute atomic E-state index is 10.6. The lowest BCUT2D eigenvalue weighted by atomic mass is 9.36. The molecule has 1 aromatic rings. The van der Waals surface area contributed by atoms with E-state index in [1.54, 1.807) is 0 Å². The molecular formula is C23H29NO3. The number of aromatic hydroxyl groups is 1. The fourth-order valence-electron chi connectivity index (χ4n) is 7.96. The number of nitrogens with zero attached hydrogens (tertiary/aromatic N) is 1. The van der Waals surface area contributed by atoms with Crippen LogP contribution in [-0.2, 0) is 16.6 Å². The van der Waals surface area contributed by atoms with Crippen LogP contribution in [0.4, 0.5) is 0 Å². The first-order valence-corrected chi connectivity index (χ1v) is 10.5. The Balaban J connectivity index is 1.60. The van der Waals surface area contributed by atoms with Gasteiger partial charge < -0.3 is 14.6 Å². The summed E-state index contributed by atoms with van der Waals surface area (Å²) in [7, 11) is 1.86. The molecule has 3 unspecified atom stereocenters. The van der Waals surface area contributed by atoms with Crippen molar-refractivity contribution in [2.24, 2.45) is 5.41 Å². The Morgan fingerprint density at radius 2 is 2.11 bits per heavy atom. The predicted molar refractivity (Wildman–Crippen MR) is 103 cm³/mol. The van der Waals surface area contributed by atoms with Crippen molar-refractivity contribution in [1.29, 1.82) is 0 Å². The third-order valence-corrected chi connectivity index (χ3v) is 9.02. The van der Waals surface area contributed by atoms with Crippen LogP contribution >= 0.6 is 0 Å². The van der Waals surface area contributed by atoms with Gasteiger partial charge in [0.15, 0.2) is 11.5 Å². The van der Waals surface area contributed by atoms with Crippen LogP contribution in [0.5, 0.6) is 11.5 Å². The quantitative estimate of drug-likeness (QED) is 0.827. The molecule has 4 aliphatic carbocycles. The molecule has 4 bridgehead atoms. The number of methoxy groups -OCH3 is 1. The number of phenolic OH excluding ortho intramolecular Hbond substituents is 1. The number of phenols is 1. The van der Waals surface area contributed by atoms with Gasteiger partial charge in [0, 0.05) is 30.7 Å². The summed E-state index contributed by atoms with van der Waals surface area (Å²) in [5.41, 5.74) is 2.80. The second-order valence-electron chi connectivity index (χ2n) is 9.43. The van der Waals surface area contributed by atoms with E-state index < -0.39 is 0 Å². The average Bonchev–Trinajstić information content (AvgIpc) is 3.07. The van der Waals surface area contributed by atoms with E-state index in [0.29, 0.717) is 11.8 Å². The molecule has 0 radical (unpaired) electrons. The highest BCUT2D eigenvalue weighted by atomic mass is 16.6. The predicted octanol–water partition coefficient (Wildman–Crippen LogP) is 3.56. The lowest BCUT2D eigenvalue weighted by Gasteiger charge is -2.72. The van der Waals surface area contributed by atoms with Crippen LogP contribution in [0.1, 0.15) is 49.7 Å². The van der Waals surface area contributed by atoms with Crippen molar-refractivity contribution >= 4 is 0 Å². The van der Waals surface area contributed by atoms with Gasteiger partial charge in [0.05, 0.1) is 0 Å². The van der Waals surface area contributed by atoms with E-state index in [2.05, 4.69) is 17.5 Å². The first-order valence-electron chi connectivity index (χ1n) is 10.5. The van der Waals surface area contributed by atoms with E-state index >= 15 is 0 Å². The van der Waals surface area contributed by atoms with Crippen LogP contribution in [0, 0.1) is 5.41 Å². The highest BCUT2D eigenvalue weighted by Gasteiger charge is 2.78. The molecule has 144 valence electrons. The molecule has 0 amide bonds. The van der Waals surface area contributed by atoms with Gasteiger partial charge in [-0.2, -0.15) is 0 Å². The van der Waals surface area contributed by atoms with Gasteiger partial charge in [-0.05, 0) is 68.5 Å². The molecule has 2 heterocycles. The topological polar surface area (TPSA) is 41.9 Å². The Labute approximate surface area is 161 Å². The summed E-state index contributed by atoms with van der Waals surface area (Å²) in [6, 6.07) is 4.56. The number of rotatable bonds is 4. The summed E-state index contributed by atoms with van der Waals surface area (Å²) < 4.78 is 12.8. The molecule has 2 spiro atoms. The molecule has 2 aliphatic heterocycles. The highest BCUT2D eigenvalue weighted by Crippen LogP contribution is 2.75. The molecule has 1 N–H and O–H groups in total. The van der Waals surface area contributed by atoms with Gasteiger partial charge in [-0.15, -0.1) is 6.58 Å². The molecule has 1 saturated heterocycles. The Bertz CT molecular complexity index is 825. The third-order valence-electron chi connectivity index (χ3n) is 9.02. The molecule has 1 aromatic carbocycles. The van der Waals surface area contributed by atoms with Crippen LogP contribution in [0.25, 0.3) is 0 Å². The lowest BCUT2D eigenvalue weighted by Crippen LogP contribution is -2.78. The van der Waals surface area contributed by atoms with Crippen molar-refractivity contribution < 1.29 is 14.6 Å². The minimum Gasteiger partial charge on any atom is -0.504 e. The summed E-state index contributed by atoms with van der Waals surface area (Å²) in [6.07, 6.45) is 9.91. The normalized spacial score (nSPS) is 43.3. The van der Waals surface area contributed by atoms with Gasteiger partial charge in [-0.1, -0.05) is 12.1 Å². The molecule has 4 nitrogen and oxygen atoms in total. The zero-order valence-corrected chi connectivity index (χ0v) is 16.2. The average molecular weight is 367 g/mol. The summed E-state index contributed by atoms with van der Waals surface area (Å²) in [5.74, 6) is 1.08. The molecule has 6 aliphatic rings. The summed E-state index contributed by atoms with van der Waals surface area (Å²) in [4.78, 5) is 2.74. The van der Waals surface area contributed by atoms with E-state index in [1.165, 1.54) is 24.0 Å². The Kier molecular flexibility index (Phi) is 3.10. The Morgan fingerprint density at radius 1 is 1.30 bits per heavy atom. The molecule has 27 heavy (non-hydrogen) atoms. The lowest BCUT2D eigenvalue weighted by molar-refractivity contribution is -0.251. The molecule has 0 aromatic heterocycles. The van der Waals surface area contributed by atoms with Gasteiger partial charge in [0.2, 0.25) is 0 Å². The first-order chi connectivity index (χ1) is 13.1. The second kappa shape index (κ2) is 5.09. The number of piperidine rings is 1. The third kappa shape index (κ3) is 1.62. The molecular weight excluding hydrogens is 338 g/mol. The monoisotopic (exact) mass is 367 g/mol. The fraction of sp³-hybridized carbons (Fsp3) is 0.652. The number of fused-ring (bicyclic) bond motifs is 2. The smallest absolute Gasteiger partial charge is 0.165 e. The molecule has 4 heteroatoms. The van der Waals surface area contributed by atoms with Crippen LogP contribution in [-0.4, -0.2) is 48.0 Å². The van der Waals surface area contributed by atoms with Crippen LogP contribution < -0.4 is 4.74 Å². The minimum atomic E-state index is -0.199. The first kappa shape index (κ1) is 16.4. The zero-order chi connectivity index (χ0) is 18.4. The number of ether oxygens (including phenoxy) is 2. The number of hydrogen-bond acceptors (Lipinski definition) is 4. The molecule has 3 saturated carbocycles. The summed E-state index contributed by atoms with van der Waals surface area (Å²) in [6.45, 7) is 6.16. The Morgan fingerprint density at radius 3 is 2.85 bits per heavy atom. The number of benzene rings is 1. The van der Waals surface area contributed by atoms with Gasteiger partial charge in [0.25, 0.3) is 0 Å².